The van der Waals surface area contributed by atoms with Crippen molar-refractivity contribution in [2.45, 2.75) is 51.7 Å². The molecule has 5 nitrogen and oxygen atoms in total. The summed E-state index contributed by atoms with van der Waals surface area (Å²) in [5.74, 6) is -0.468. The van der Waals surface area contributed by atoms with Crippen LogP contribution >= 0.6 is 0 Å². The SMILES string of the molecule is CCC/C=C1\OC(=O)C2=C1CC[C@H](O)[C@@H]2OC(C)=O. The van der Waals surface area contributed by atoms with Gasteiger partial charge < -0.3 is 14.6 Å². The summed E-state index contributed by atoms with van der Waals surface area (Å²) in [6.07, 6.45) is 2.93. The van der Waals surface area contributed by atoms with E-state index in [1.54, 1.807) is 0 Å². The zero-order chi connectivity index (χ0) is 14.0. The number of allylic oxidation sites excluding steroid dienone is 2. The molecule has 1 aliphatic carbocycles. The third kappa shape index (κ3) is 2.71. The van der Waals surface area contributed by atoms with Crippen molar-refractivity contribution < 1.29 is 24.2 Å². The zero-order valence-corrected chi connectivity index (χ0v) is 11.1. The molecule has 2 atom stereocenters. The molecule has 0 aromatic heterocycles. The maximum Gasteiger partial charge on any atom is 0.343 e. The minimum absolute atomic E-state index is 0.302. The highest BCUT2D eigenvalue weighted by molar-refractivity contribution is 5.96. The van der Waals surface area contributed by atoms with Crippen LogP contribution < -0.4 is 0 Å². The molecule has 0 saturated carbocycles. The van der Waals surface area contributed by atoms with Crippen LogP contribution in [0.1, 0.15) is 39.5 Å². The zero-order valence-electron chi connectivity index (χ0n) is 11.1. The quantitative estimate of drug-likeness (QED) is 0.786. The van der Waals surface area contributed by atoms with E-state index in [1.165, 1.54) is 6.92 Å². The number of unbranched alkanes of at least 4 members (excludes halogenated alkanes) is 1. The predicted octanol–water partition coefficient (Wildman–Crippen LogP) is 1.61. The molecule has 2 rings (SSSR count). The lowest BCUT2D eigenvalue weighted by Gasteiger charge is -2.26. The van der Waals surface area contributed by atoms with E-state index < -0.39 is 24.1 Å². The highest BCUT2D eigenvalue weighted by Crippen LogP contribution is 2.38. The van der Waals surface area contributed by atoms with Gasteiger partial charge in [-0.1, -0.05) is 13.3 Å². The van der Waals surface area contributed by atoms with Crippen molar-refractivity contribution >= 4 is 11.9 Å². The number of carbonyl (C=O) groups excluding carboxylic acids is 2. The van der Waals surface area contributed by atoms with E-state index in [9.17, 15) is 14.7 Å². The topological polar surface area (TPSA) is 72.8 Å². The summed E-state index contributed by atoms with van der Waals surface area (Å²) in [4.78, 5) is 23.0. The second kappa shape index (κ2) is 5.57. The maximum atomic E-state index is 11.9. The Kier molecular flexibility index (Phi) is 4.04. The molecular formula is C14H18O5. The number of ether oxygens (including phenoxy) is 2. The van der Waals surface area contributed by atoms with Crippen molar-refractivity contribution in [3.63, 3.8) is 0 Å². The molecule has 5 heteroatoms. The van der Waals surface area contributed by atoms with Crippen molar-refractivity contribution in [3.8, 4) is 0 Å². The van der Waals surface area contributed by atoms with E-state index >= 15 is 0 Å². The molecule has 2 aliphatic rings. The molecule has 0 saturated heterocycles. The Morgan fingerprint density at radius 3 is 2.95 bits per heavy atom. The van der Waals surface area contributed by atoms with Gasteiger partial charge in [0.05, 0.1) is 11.7 Å². The number of hydrogen-bond acceptors (Lipinski definition) is 5. The van der Waals surface area contributed by atoms with Crippen LogP contribution in [-0.2, 0) is 19.1 Å². The number of esters is 2. The first-order chi connectivity index (χ1) is 9.04. The largest absolute Gasteiger partial charge is 0.455 e. The third-order valence-corrected chi connectivity index (χ3v) is 3.28. The Balaban J connectivity index is 2.33. The van der Waals surface area contributed by atoms with Crippen molar-refractivity contribution in [2.24, 2.45) is 0 Å². The van der Waals surface area contributed by atoms with Crippen molar-refractivity contribution in [3.05, 3.63) is 23.0 Å². The van der Waals surface area contributed by atoms with Gasteiger partial charge in [-0.15, -0.1) is 0 Å². The Morgan fingerprint density at radius 2 is 2.32 bits per heavy atom. The summed E-state index contributed by atoms with van der Waals surface area (Å²) >= 11 is 0. The molecule has 0 aromatic rings. The Bertz CT molecular complexity index is 460. The van der Waals surface area contributed by atoms with Gasteiger partial charge in [0.1, 0.15) is 5.76 Å². The number of aliphatic hydroxyl groups excluding tert-OH is 1. The highest BCUT2D eigenvalue weighted by Gasteiger charge is 2.43. The van der Waals surface area contributed by atoms with E-state index in [0.29, 0.717) is 24.2 Å². The number of aliphatic hydroxyl groups is 1. The van der Waals surface area contributed by atoms with Gasteiger partial charge in [0.15, 0.2) is 6.10 Å². The van der Waals surface area contributed by atoms with Crippen molar-refractivity contribution in [2.75, 3.05) is 0 Å². The molecular weight excluding hydrogens is 248 g/mol. The van der Waals surface area contributed by atoms with Gasteiger partial charge in [0.2, 0.25) is 0 Å². The number of rotatable bonds is 3. The highest BCUT2D eigenvalue weighted by atomic mass is 16.6. The second-order valence-electron chi connectivity index (χ2n) is 4.77. The van der Waals surface area contributed by atoms with Gasteiger partial charge in [-0.3, -0.25) is 4.79 Å². The lowest BCUT2D eigenvalue weighted by atomic mass is 9.87. The molecule has 0 radical (unpaired) electrons. The van der Waals surface area contributed by atoms with Crippen LogP contribution in [0.5, 0.6) is 0 Å². The first-order valence-electron chi connectivity index (χ1n) is 6.55. The molecule has 1 aliphatic heterocycles. The Hall–Kier alpha value is -1.62. The van der Waals surface area contributed by atoms with Gasteiger partial charge in [0, 0.05) is 12.5 Å². The molecule has 0 spiro atoms. The van der Waals surface area contributed by atoms with Gasteiger partial charge in [-0.25, -0.2) is 4.79 Å². The van der Waals surface area contributed by atoms with Gasteiger partial charge in [0.25, 0.3) is 0 Å². The second-order valence-corrected chi connectivity index (χ2v) is 4.77. The smallest absolute Gasteiger partial charge is 0.343 e. The summed E-state index contributed by atoms with van der Waals surface area (Å²) in [5, 5.41) is 9.91. The summed E-state index contributed by atoms with van der Waals surface area (Å²) in [7, 11) is 0. The molecule has 19 heavy (non-hydrogen) atoms. The summed E-state index contributed by atoms with van der Waals surface area (Å²) in [5.41, 5.74) is 1.08. The van der Waals surface area contributed by atoms with Crippen LogP contribution in [-0.4, -0.2) is 29.3 Å². The molecule has 0 aromatic carbocycles. The van der Waals surface area contributed by atoms with E-state index in [1.807, 2.05) is 13.0 Å². The summed E-state index contributed by atoms with van der Waals surface area (Å²) < 4.78 is 10.3. The number of cyclic esters (lactones) is 1. The fourth-order valence-electron chi connectivity index (χ4n) is 2.41. The van der Waals surface area contributed by atoms with E-state index in [4.69, 9.17) is 9.47 Å². The molecule has 1 N–H and O–H groups in total. The van der Waals surface area contributed by atoms with Crippen LogP contribution in [0.2, 0.25) is 0 Å². The molecule has 0 fully saturated rings. The van der Waals surface area contributed by atoms with Crippen LogP contribution in [0.4, 0.5) is 0 Å². The van der Waals surface area contributed by atoms with Crippen molar-refractivity contribution in [1.82, 2.24) is 0 Å². The van der Waals surface area contributed by atoms with E-state index in [2.05, 4.69) is 0 Å². The van der Waals surface area contributed by atoms with Crippen molar-refractivity contribution in [1.29, 1.82) is 0 Å². The molecule has 104 valence electrons. The minimum atomic E-state index is -0.902. The van der Waals surface area contributed by atoms with E-state index in [0.717, 1.165) is 18.4 Å². The van der Waals surface area contributed by atoms with Crippen LogP contribution in [0, 0.1) is 0 Å². The minimum Gasteiger partial charge on any atom is -0.455 e. The summed E-state index contributed by atoms with van der Waals surface area (Å²) in [6.45, 7) is 3.30. The van der Waals surface area contributed by atoms with Crippen LogP contribution in [0.3, 0.4) is 0 Å². The fraction of sp³-hybridized carbons (Fsp3) is 0.571. The number of carbonyl (C=O) groups is 2. The first-order valence-corrected chi connectivity index (χ1v) is 6.55. The lowest BCUT2D eigenvalue weighted by molar-refractivity contribution is -0.151. The molecule has 0 bridgehead atoms. The maximum absolute atomic E-state index is 11.9. The predicted molar refractivity (Wildman–Crippen MR) is 66.9 cm³/mol. The van der Waals surface area contributed by atoms with E-state index in [-0.39, 0.29) is 0 Å². The van der Waals surface area contributed by atoms with Crippen LogP contribution in [0.15, 0.2) is 23.0 Å². The summed E-state index contributed by atoms with van der Waals surface area (Å²) in [6, 6.07) is 0. The Morgan fingerprint density at radius 1 is 1.58 bits per heavy atom. The molecule has 1 heterocycles. The van der Waals surface area contributed by atoms with Gasteiger partial charge in [-0.2, -0.15) is 0 Å². The van der Waals surface area contributed by atoms with Crippen LogP contribution in [0.25, 0.3) is 0 Å². The monoisotopic (exact) mass is 266 g/mol. The lowest BCUT2D eigenvalue weighted by Crippen LogP contribution is -2.37. The normalized spacial score (nSPS) is 28.4. The number of hydrogen-bond donors (Lipinski definition) is 1. The molecule has 0 unspecified atom stereocenters. The average Bonchev–Trinajstić information content (AvgIpc) is 2.67. The third-order valence-electron chi connectivity index (χ3n) is 3.28. The standard InChI is InChI=1S/C14H18O5/c1-3-4-5-11-9-6-7-10(16)13(18-8(2)15)12(9)14(17)19-11/h5,10,13,16H,3-4,6-7H2,1-2H3/b11-5-/t10-,13-/m0/s1. The average molecular weight is 266 g/mol. The fourth-order valence-corrected chi connectivity index (χ4v) is 2.41. The first kappa shape index (κ1) is 13.8. The molecule has 0 amide bonds. The van der Waals surface area contributed by atoms with Gasteiger partial charge in [-0.05, 0) is 25.3 Å². The Labute approximate surface area is 111 Å². The van der Waals surface area contributed by atoms with Gasteiger partial charge >= 0.3 is 11.9 Å².